The van der Waals surface area contributed by atoms with E-state index in [0.717, 1.165) is 25.6 Å². The van der Waals surface area contributed by atoms with Crippen molar-refractivity contribution in [2.75, 3.05) is 26.2 Å². The summed E-state index contributed by atoms with van der Waals surface area (Å²) in [6, 6.07) is 3.84. The van der Waals surface area contributed by atoms with Gasteiger partial charge in [-0.1, -0.05) is 12.1 Å². The molecule has 2 unspecified atom stereocenters. The van der Waals surface area contributed by atoms with E-state index in [1.807, 2.05) is 0 Å². The second kappa shape index (κ2) is 6.41. The molecule has 0 amide bonds. The molecule has 3 nitrogen and oxygen atoms in total. The van der Waals surface area contributed by atoms with Crippen LogP contribution in [-0.4, -0.2) is 41.4 Å². The number of hydrogen-bond donors (Lipinski definition) is 2. The average molecular weight is 271 g/mol. The molecule has 2 N–H and O–H groups in total. The lowest BCUT2D eigenvalue weighted by atomic mass is 10.1. The molecule has 0 bridgehead atoms. The predicted octanol–water partition coefficient (Wildman–Crippen LogP) is 1.70. The summed E-state index contributed by atoms with van der Waals surface area (Å²) in [4.78, 5) is 2.13. The fourth-order valence-electron chi connectivity index (χ4n) is 2.50. The van der Waals surface area contributed by atoms with E-state index in [-0.39, 0.29) is 12.2 Å². The molecule has 1 heterocycles. The summed E-state index contributed by atoms with van der Waals surface area (Å²) in [5, 5.41) is 19.0. The van der Waals surface area contributed by atoms with Crippen molar-refractivity contribution >= 4 is 0 Å². The van der Waals surface area contributed by atoms with Crippen LogP contribution in [0, 0.1) is 17.6 Å². The molecule has 1 aromatic rings. The van der Waals surface area contributed by atoms with Gasteiger partial charge >= 0.3 is 0 Å². The highest BCUT2D eigenvalue weighted by Gasteiger charge is 2.23. The molecule has 0 aromatic heterocycles. The third kappa shape index (κ3) is 3.49. The minimum atomic E-state index is -0.996. The van der Waals surface area contributed by atoms with Crippen LogP contribution in [0.25, 0.3) is 0 Å². The predicted molar refractivity (Wildman–Crippen MR) is 67.6 cm³/mol. The highest BCUT2D eigenvalue weighted by molar-refractivity contribution is 5.21. The number of aliphatic hydroxyl groups excluding tert-OH is 2. The molecule has 0 spiro atoms. The first-order chi connectivity index (χ1) is 9.11. The average Bonchev–Trinajstić information content (AvgIpc) is 2.87. The van der Waals surface area contributed by atoms with Crippen LogP contribution in [0.15, 0.2) is 18.2 Å². The van der Waals surface area contributed by atoms with Crippen LogP contribution in [0.4, 0.5) is 8.78 Å². The molecule has 1 aliphatic heterocycles. The first-order valence-electron chi connectivity index (χ1n) is 6.57. The molecule has 0 aliphatic carbocycles. The van der Waals surface area contributed by atoms with Gasteiger partial charge in [-0.3, -0.25) is 0 Å². The van der Waals surface area contributed by atoms with E-state index in [2.05, 4.69) is 4.90 Å². The summed E-state index contributed by atoms with van der Waals surface area (Å²) in [5.41, 5.74) is 0.0119. The minimum absolute atomic E-state index is 0.0119. The molecular formula is C14H19F2NO2. The van der Waals surface area contributed by atoms with E-state index in [4.69, 9.17) is 5.11 Å². The van der Waals surface area contributed by atoms with Crippen molar-refractivity contribution < 1.29 is 19.0 Å². The quantitative estimate of drug-likeness (QED) is 0.856. The van der Waals surface area contributed by atoms with Crippen LogP contribution in [0.5, 0.6) is 0 Å². The topological polar surface area (TPSA) is 43.7 Å². The van der Waals surface area contributed by atoms with Gasteiger partial charge in [-0.15, -0.1) is 0 Å². The number of rotatable bonds is 5. The van der Waals surface area contributed by atoms with Crippen LogP contribution < -0.4 is 0 Å². The number of aliphatic hydroxyl groups is 2. The molecule has 106 valence electrons. The zero-order valence-corrected chi connectivity index (χ0v) is 10.7. The zero-order chi connectivity index (χ0) is 13.8. The molecule has 2 rings (SSSR count). The molecule has 1 aromatic carbocycles. The molecule has 2 atom stereocenters. The van der Waals surface area contributed by atoms with Gasteiger partial charge in [0.15, 0.2) is 11.6 Å². The standard InChI is InChI=1S/C14H19F2NO2/c15-12-3-1-2-11(14(12)16)13(19)5-7-17-6-4-10(8-17)9-18/h1-3,10,13,18-19H,4-9H2. The van der Waals surface area contributed by atoms with E-state index in [1.165, 1.54) is 12.1 Å². The normalized spacial score (nSPS) is 21.8. The number of halogens is 2. The second-order valence-electron chi connectivity index (χ2n) is 5.09. The van der Waals surface area contributed by atoms with Gasteiger partial charge in [-0.2, -0.15) is 0 Å². The second-order valence-corrected chi connectivity index (χ2v) is 5.09. The van der Waals surface area contributed by atoms with E-state index in [0.29, 0.717) is 18.9 Å². The Labute approximate surface area is 111 Å². The van der Waals surface area contributed by atoms with Crippen molar-refractivity contribution in [1.82, 2.24) is 4.90 Å². The van der Waals surface area contributed by atoms with Gasteiger partial charge in [0.2, 0.25) is 0 Å². The Kier molecular flexibility index (Phi) is 4.85. The SMILES string of the molecule is OCC1CCN(CCC(O)c2cccc(F)c2F)C1. The van der Waals surface area contributed by atoms with Crippen molar-refractivity contribution in [3.8, 4) is 0 Å². The first kappa shape index (κ1) is 14.4. The Balaban J connectivity index is 1.88. The lowest BCUT2D eigenvalue weighted by Gasteiger charge is -2.18. The molecular weight excluding hydrogens is 252 g/mol. The van der Waals surface area contributed by atoms with Crippen molar-refractivity contribution in [3.05, 3.63) is 35.4 Å². The van der Waals surface area contributed by atoms with E-state index in [9.17, 15) is 13.9 Å². The lowest BCUT2D eigenvalue weighted by molar-refractivity contribution is 0.141. The Bertz CT molecular complexity index is 428. The first-order valence-corrected chi connectivity index (χ1v) is 6.57. The van der Waals surface area contributed by atoms with Gasteiger partial charge in [0.25, 0.3) is 0 Å². The van der Waals surface area contributed by atoms with Crippen LogP contribution in [0.3, 0.4) is 0 Å². The largest absolute Gasteiger partial charge is 0.396 e. The van der Waals surface area contributed by atoms with Crippen molar-refractivity contribution in [1.29, 1.82) is 0 Å². The lowest BCUT2D eigenvalue weighted by Crippen LogP contribution is -2.24. The highest BCUT2D eigenvalue weighted by atomic mass is 19.2. The van der Waals surface area contributed by atoms with Crippen LogP contribution >= 0.6 is 0 Å². The molecule has 1 aliphatic rings. The molecule has 5 heteroatoms. The molecule has 1 saturated heterocycles. The Hall–Kier alpha value is -1.04. The van der Waals surface area contributed by atoms with Crippen molar-refractivity contribution in [2.45, 2.75) is 18.9 Å². The molecule has 0 radical (unpaired) electrons. The summed E-state index contributed by atoms with van der Waals surface area (Å²) in [6.45, 7) is 2.48. The molecule has 19 heavy (non-hydrogen) atoms. The zero-order valence-electron chi connectivity index (χ0n) is 10.7. The van der Waals surface area contributed by atoms with Gasteiger partial charge < -0.3 is 15.1 Å². The van der Waals surface area contributed by atoms with Crippen LogP contribution in [-0.2, 0) is 0 Å². The van der Waals surface area contributed by atoms with Crippen LogP contribution in [0.1, 0.15) is 24.5 Å². The van der Waals surface area contributed by atoms with E-state index < -0.39 is 17.7 Å². The minimum Gasteiger partial charge on any atom is -0.396 e. The summed E-state index contributed by atoms with van der Waals surface area (Å²) >= 11 is 0. The third-order valence-corrected chi connectivity index (χ3v) is 3.69. The Morgan fingerprint density at radius 1 is 1.37 bits per heavy atom. The number of likely N-dealkylation sites (tertiary alicyclic amines) is 1. The smallest absolute Gasteiger partial charge is 0.164 e. The van der Waals surface area contributed by atoms with Gasteiger partial charge in [-0.25, -0.2) is 8.78 Å². The summed E-state index contributed by atoms with van der Waals surface area (Å²) in [7, 11) is 0. The summed E-state index contributed by atoms with van der Waals surface area (Å²) in [6.07, 6.45) is 0.309. The third-order valence-electron chi connectivity index (χ3n) is 3.69. The van der Waals surface area contributed by atoms with Crippen LogP contribution in [0.2, 0.25) is 0 Å². The van der Waals surface area contributed by atoms with Gasteiger partial charge in [0.1, 0.15) is 0 Å². The van der Waals surface area contributed by atoms with Gasteiger partial charge in [-0.05, 0) is 31.4 Å². The fraction of sp³-hybridized carbons (Fsp3) is 0.571. The molecule has 1 fully saturated rings. The summed E-state index contributed by atoms with van der Waals surface area (Å²) in [5.74, 6) is -1.61. The maximum absolute atomic E-state index is 13.5. The van der Waals surface area contributed by atoms with E-state index in [1.54, 1.807) is 0 Å². The Morgan fingerprint density at radius 2 is 2.16 bits per heavy atom. The maximum Gasteiger partial charge on any atom is 0.164 e. The summed E-state index contributed by atoms with van der Waals surface area (Å²) < 4.78 is 26.5. The van der Waals surface area contributed by atoms with Gasteiger partial charge in [0, 0.05) is 25.3 Å². The number of hydrogen-bond acceptors (Lipinski definition) is 3. The van der Waals surface area contributed by atoms with Crippen molar-refractivity contribution in [3.63, 3.8) is 0 Å². The fourth-order valence-corrected chi connectivity index (χ4v) is 2.50. The molecule has 0 saturated carbocycles. The Morgan fingerprint density at radius 3 is 2.84 bits per heavy atom. The number of nitrogens with zero attached hydrogens (tertiary/aromatic N) is 1. The highest BCUT2D eigenvalue weighted by Crippen LogP contribution is 2.23. The van der Waals surface area contributed by atoms with Crippen molar-refractivity contribution in [2.24, 2.45) is 5.92 Å². The monoisotopic (exact) mass is 271 g/mol. The van der Waals surface area contributed by atoms with Gasteiger partial charge in [0.05, 0.1) is 6.10 Å². The number of benzene rings is 1. The van der Waals surface area contributed by atoms with E-state index >= 15 is 0 Å². The maximum atomic E-state index is 13.5.